The largest absolute Gasteiger partial charge is 0.492 e. The number of fused-ring (bicyclic) bond motifs is 1. The maximum Gasteiger partial charge on any atom is 0.231 e. The summed E-state index contributed by atoms with van der Waals surface area (Å²) in [6, 6.07) is 13.4. The molecular formula is C22H27NO4. The van der Waals surface area contributed by atoms with Gasteiger partial charge in [-0.2, -0.15) is 0 Å². The van der Waals surface area contributed by atoms with E-state index >= 15 is 0 Å². The van der Waals surface area contributed by atoms with E-state index in [1.54, 1.807) is 0 Å². The average Bonchev–Trinajstić information content (AvgIpc) is 2.71. The van der Waals surface area contributed by atoms with Crippen molar-refractivity contribution in [1.29, 1.82) is 0 Å². The Morgan fingerprint density at radius 1 is 1.07 bits per heavy atom. The number of hydrogen-bond donors (Lipinski definition) is 1. The number of carbonyl (C=O) groups excluding carboxylic acids is 1. The molecule has 1 amide bonds. The molecule has 0 saturated carbocycles. The van der Waals surface area contributed by atoms with E-state index in [-0.39, 0.29) is 11.8 Å². The van der Waals surface area contributed by atoms with Crippen LogP contribution < -0.4 is 19.5 Å². The highest BCUT2D eigenvalue weighted by Crippen LogP contribution is 2.32. The molecule has 3 rings (SSSR count). The van der Waals surface area contributed by atoms with Gasteiger partial charge < -0.3 is 19.5 Å². The monoisotopic (exact) mass is 369 g/mol. The molecule has 2 aromatic rings. The van der Waals surface area contributed by atoms with Crippen molar-refractivity contribution in [3.8, 4) is 17.2 Å². The fourth-order valence-corrected chi connectivity index (χ4v) is 2.98. The van der Waals surface area contributed by atoms with Gasteiger partial charge in [0.15, 0.2) is 11.5 Å². The molecule has 5 nitrogen and oxygen atoms in total. The summed E-state index contributed by atoms with van der Waals surface area (Å²) in [7, 11) is 0. The Balaban J connectivity index is 1.68. The van der Waals surface area contributed by atoms with Crippen molar-refractivity contribution in [2.24, 2.45) is 5.92 Å². The number of rotatable bonds is 8. The van der Waals surface area contributed by atoms with Crippen LogP contribution in [0.3, 0.4) is 0 Å². The van der Waals surface area contributed by atoms with Crippen LogP contribution in [-0.4, -0.2) is 25.7 Å². The minimum atomic E-state index is -0.212. The van der Waals surface area contributed by atoms with Crippen LogP contribution in [0.5, 0.6) is 17.2 Å². The molecular weight excluding hydrogens is 342 g/mol. The maximum absolute atomic E-state index is 12.7. The third kappa shape index (κ3) is 4.94. The lowest BCUT2D eigenvalue weighted by Crippen LogP contribution is -2.32. The molecule has 1 aliphatic heterocycles. The standard InChI is InChI=1S/C22H27NO4/c1-3-11-25-20-10-9-18(14-21(20)26-12-4-2)23-22(24)17-13-16-7-5-6-8-19(16)27-15-17/h5-10,14,17H,3-4,11-13,15H2,1-2H3,(H,23,24). The predicted octanol–water partition coefficient (Wildman–Crippen LogP) is 4.45. The molecule has 1 unspecified atom stereocenters. The Bertz CT molecular complexity index is 775. The van der Waals surface area contributed by atoms with Gasteiger partial charge in [0.2, 0.25) is 5.91 Å². The van der Waals surface area contributed by atoms with Gasteiger partial charge in [0.05, 0.1) is 19.1 Å². The van der Waals surface area contributed by atoms with Crippen LogP contribution in [0.1, 0.15) is 32.3 Å². The fraction of sp³-hybridized carbons (Fsp3) is 0.409. The van der Waals surface area contributed by atoms with Crippen molar-refractivity contribution < 1.29 is 19.0 Å². The van der Waals surface area contributed by atoms with Gasteiger partial charge in [0.1, 0.15) is 12.4 Å². The highest BCUT2D eigenvalue weighted by Gasteiger charge is 2.26. The first-order chi connectivity index (χ1) is 13.2. The highest BCUT2D eigenvalue weighted by molar-refractivity contribution is 5.93. The van der Waals surface area contributed by atoms with Gasteiger partial charge in [-0.05, 0) is 43.0 Å². The number of anilines is 1. The van der Waals surface area contributed by atoms with Gasteiger partial charge >= 0.3 is 0 Å². The van der Waals surface area contributed by atoms with Gasteiger partial charge in [-0.3, -0.25) is 4.79 Å². The van der Waals surface area contributed by atoms with E-state index in [0.29, 0.717) is 43.4 Å². The van der Waals surface area contributed by atoms with Gasteiger partial charge in [-0.1, -0.05) is 32.0 Å². The molecule has 144 valence electrons. The molecule has 0 bridgehead atoms. The van der Waals surface area contributed by atoms with Crippen LogP contribution in [0.2, 0.25) is 0 Å². The third-order valence-corrected chi connectivity index (χ3v) is 4.38. The normalized spacial score (nSPS) is 15.4. The lowest BCUT2D eigenvalue weighted by molar-refractivity contribution is -0.121. The van der Waals surface area contributed by atoms with Crippen LogP contribution in [0.4, 0.5) is 5.69 Å². The zero-order valence-electron chi connectivity index (χ0n) is 16.0. The van der Waals surface area contributed by atoms with Crippen LogP contribution in [0, 0.1) is 5.92 Å². The summed E-state index contributed by atoms with van der Waals surface area (Å²) in [5.41, 5.74) is 1.77. The smallest absolute Gasteiger partial charge is 0.231 e. The van der Waals surface area contributed by atoms with Crippen molar-refractivity contribution in [3.63, 3.8) is 0 Å². The van der Waals surface area contributed by atoms with Gasteiger partial charge in [-0.15, -0.1) is 0 Å². The highest BCUT2D eigenvalue weighted by atomic mass is 16.5. The minimum absolute atomic E-state index is 0.0480. The van der Waals surface area contributed by atoms with E-state index in [1.165, 1.54) is 0 Å². The first-order valence-corrected chi connectivity index (χ1v) is 9.62. The van der Waals surface area contributed by atoms with E-state index in [9.17, 15) is 4.79 Å². The van der Waals surface area contributed by atoms with Crippen LogP contribution in [0.25, 0.3) is 0 Å². The van der Waals surface area contributed by atoms with E-state index in [4.69, 9.17) is 14.2 Å². The second kappa shape index (κ2) is 9.31. The van der Waals surface area contributed by atoms with E-state index in [0.717, 1.165) is 24.2 Å². The summed E-state index contributed by atoms with van der Waals surface area (Å²) in [6.07, 6.45) is 2.51. The van der Waals surface area contributed by atoms with Crippen molar-refractivity contribution >= 4 is 11.6 Å². The Morgan fingerprint density at radius 3 is 2.59 bits per heavy atom. The Morgan fingerprint density at radius 2 is 1.81 bits per heavy atom. The maximum atomic E-state index is 12.7. The van der Waals surface area contributed by atoms with Crippen molar-refractivity contribution in [3.05, 3.63) is 48.0 Å². The van der Waals surface area contributed by atoms with Gasteiger partial charge in [-0.25, -0.2) is 0 Å². The zero-order valence-corrected chi connectivity index (χ0v) is 16.0. The van der Waals surface area contributed by atoms with E-state index < -0.39 is 0 Å². The Hall–Kier alpha value is -2.69. The summed E-state index contributed by atoms with van der Waals surface area (Å²) in [5.74, 6) is 1.98. The Kier molecular flexibility index (Phi) is 6.58. The quantitative estimate of drug-likeness (QED) is 0.747. The Labute approximate surface area is 160 Å². The first kappa shape index (κ1) is 19.1. The third-order valence-electron chi connectivity index (χ3n) is 4.38. The van der Waals surface area contributed by atoms with Crippen molar-refractivity contribution in [1.82, 2.24) is 0 Å². The van der Waals surface area contributed by atoms with Gasteiger partial charge in [0, 0.05) is 11.8 Å². The average molecular weight is 369 g/mol. The summed E-state index contributed by atoms with van der Waals surface area (Å²) < 4.78 is 17.3. The molecule has 1 atom stereocenters. The second-order valence-corrected chi connectivity index (χ2v) is 6.67. The van der Waals surface area contributed by atoms with E-state index in [1.807, 2.05) is 42.5 Å². The summed E-state index contributed by atoms with van der Waals surface area (Å²) in [4.78, 5) is 12.7. The van der Waals surface area contributed by atoms with Crippen molar-refractivity contribution in [2.45, 2.75) is 33.1 Å². The van der Waals surface area contributed by atoms with Crippen molar-refractivity contribution in [2.75, 3.05) is 25.1 Å². The summed E-state index contributed by atoms with van der Waals surface area (Å²) >= 11 is 0. The van der Waals surface area contributed by atoms with Gasteiger partial charge in [0.25, 0.3) is 0 Å². The summed E-state index contributed by atoms with van der Waals surface area (Å²) in [6.45, 7) is 5.74. The molecule has 5 heteroatoms. The van der Waals surface area contributed by atoms with Crippen LogP contribution in [0.15, 0.2) is 42.5 Å². The zero-order chi connectivity index (χ0) is 19.1. The number of hydrogen-bond acceptors (Lipinski definition) is 4. The molecule has 0 radical (unpaired) electrons. The first-order valence-electron chi connectivity index (χ1n) is 9.62. The molecule has 0 spiro atoms. The number of benzene rings is 2. The molecule has 0 aromatic heterocycles. The molecule has 0 aliphatic carbocycles. The summed E-state index contributed by atoms with van der Waals surface area (Å²) in [5, 5.41) is 2.99. The number of nitrogens with one attached hydrogen (secondary N) is 1. The second-order valence-electron chi connectivity index (χ2n) is 6.67. The predicted molar refractivity (Wildman–Crippen MR) is 106 cm³/mol. The molecule has 0 saturated heterocycles. The van der Waals surface area contributed by atoms with Crippen LogP contribution >= 0.6 is 0 Å². The topological polar surface area (TPSA) is 56.8 Å². The lowest BCUT2D eigenvalue weighted by Gasteiger charge is -2.24. The lowest BCUT2D eigenvalue weighted by atomic mass is 9.96. The number of carbonyl (C=O) groups is 1. The molecule has 2 aromatic carbocycles. The molecule has 0 fully saturated rings. The minimum Gasteiger partial charge on any atom is -0.492 e. The number of para-hydroxylation sites is 1. The number of amides is 1. The molecule has 27 heavy (non-hydrogen) atoms. The SMILES string of the molecule is CCCOc1ccc(NC(=O)C2COc3ccccc3C2)cc1OCCC. The number of ether oxygens (including phenoxy) is 3. The molecule has 1 heterocycles. The van der Waals surface area contributed by atoms with Crippen LogP contribution in [-0.2, 0) is 11.2 Å². The van der Waals surface area contributed by atoms with E-state index in [2.05, 4.69) is 19.2 Å². The fourth-order valence-electron chi connectivity index (χ4n) is 2.98. The molecule has 1 aliphatic rings. The molecule has 1 N–H and O–H groups in total.